The van der Waals surface area contributed by atoms with Crippen LogP contribution in [0.2, 0.25) is 10.0 Å². The van der Waals surface area contributed by atoms with Gasteiger partial charge in [-0.15, -0.1) is 0 Å². The molecule has 92 valence electrons. The predicted octanol–water partition coefficient (Wildman–Crippen LogP) is 3.57. The Morgan fingerprint density at radius 1 is 1.24 bits per heavy atom. The van der Waals surface area contributed by atoms with Crippen molar-refractivity contribution in [3.63, 3.8) is 0 Å². The van der Waals surface area contributed by atoms with E-state index >= 15 is 0 Å². The van der Waals surface area contributed by atoms with E-state index in [-0.39, 0.29) is 11.2 Å². The number of hydrogen-bond acceptors (Lipinski definition) is 2. The molecule has 0 aliphatic carbocycles. The summed E-state index contributed by atoms with van der Waals surface area (Å²) in [5.74, 6) is 0.164. The lowest BCUT2D eigenvalue weighted by atomic mass is 9.75. The minimum atomic E-state index is -0.275. The first-order valence-electron chi connectivity index (χ1n) is 5.73. The summed E-state index contributed by atoms with van der Waals surface area (Å²) in [5, 5.41) is 4.19. The van der Waals surface area contributed by atoms with Crippen LogP contribution in [0.5, 0.6) is 0 Å². The van der Waals surface area contributed by atoms with Gasteiger partial charge in [-0.25, -0.2) is 0 Å². The van der Waals surface area contributed by atoms with Gasteiger partial charge in [0.05, 0.1) is 10.0 Å². The van der Waals surface area contributed by atoms with Gasteiger partial charge in [0.15, 0.2) is 5.78 Å². The molecular formula is C13H15Cl2NO. The maximum Gasteiger partial charge on any atom is 0.168 e. The summed E-state index contributed by atoms with van der Waals surface area (Å²) >= 11 is 11.8. The molecule has 2 nitrogen and oxygen atoms in total. The molecule has 0 aromatic heterocycles. The Kier molecular flexibility index (Phi) is 3.76. The first-order valence-corrected chi connectivity index (χ1v) is 6.49. The van der Waals surface area contributed by atoms with Crippen LogP contribution < -0.4 is 5.32 Å². The summed E-state index contributed by atoms with van der Waals surface area (Å²) in [6.07, 6.45) is 1.73. The summed E-state index contributed by atoms with van der Waals surface area (Å²) < 4.78 is 0. The second kappa shape index (κ2) is 4.97. The van der Waals surface area contributed by atoms with Crippen LogP contribution in [0.1, 0.15) is 30.1 Å². The van der Waals surface area contributed by atoms with E-state index in [2.05, 4.69) is 5.32 Å². The maximum absolute atomic E-state index is 12.5. The Hall–Kier alpha value is -0.570. The van der Waals surface area contributed by atoms with Crippen molar-refractivity contribution >= 4 is 29.0 Å². The van der Waals surface area contributed by atoms with Crippen LogP contribution in [-0.4, -0.2) is 18.9 Å². The van der Waals surface area contributed by atoms with E-state index in [1.165, 1.54) is 0 Å². The van der Waals surface area contributed by atoms with Crippen molar-refractivity contribution in [3.05, 3.63) is 33.8 Å². The molecule has 0 saturated carbocycles. The van der Waals surface area contributed by atoms with Gasteiger partial charge in [-0.05, 0) is 44.1 Å². The molecule has 17 heavy (non-hydrogen) atoms. The predicted molar refractivity (Wildman–Crippen MR) is 71.0 cm³/mol. The molecule has 0 bridgehead atoms. The number of ketones is 1. The van der Waals surface area contributed by atoms with Crippen molar-refractivity contribution in [1.82, 2.24) is 5.32 Å². The van der Waals surface area contributed by atoms with Gasteiger partial charge in [0.2, 0.25) is 0 Å². The molecule has 0 spiro atoms. The van der Waals surface area contributed by atoms with Crippen molar-refractivity contribution in [2.45, 2.75) is 19.8 Å². The summed E-state index contributed by atoms with van der Waals surface area (Å²) in [6, 6.07) is 5.10. The maximum atomic E-state index is 12.5. The molecular weight excluding hydrogens is 257 g/mol. The van der Waals surface area contributed by atoms with Crippen LogP contribution in [0.15, 0.2) is 18.2 Å². The lowest BCUT2D eigenvalue weighted by Crippen LogP contribution is -2.40. The van der Waals surface area contributed by atoms with Gasteiger partial charge in [-0.2, -0.15) is 0 Å². The number of hydrogen-bond donors (Lipinski definition) is 1. The number of Topliss-reactive ketones (excluding diaryl/α,β-unsaturated/α-hetero) is 1. The molecule has 2 rings (SSSR count). The second-order valence-electron chi connectivity index (χ2n) is 4.77. The fourth-order valence-corrected chi connectivity index (χ4v) is 2.49. The Morgan fingerprint density at radius 2 is 1.88 bits per heavy atom. The molecule has 4 heteroatoms. The third-order valence-corrected chi connectivity index (χ3v) is 4.18. The van der Waals surface area contributed by atoms with E-state index in [4.69, 9.17) is 23.2 Å². The number of halogens is 2. The van der Waals surface area contributed by atoms with Crippen molar-refractivity contribution in [1.29, 1.82) is 0 Å². The zero-order valence-corrected chi connectivity index (χ0v) is 11.2. The minimum absolute atomic E-state index is 0.164. The van der Waals surface area contributed by atoms with Gasteiger partial charge in [-0.3, -0.25) is 4.79 Å². The third-order valence-electron chi connectivity index (χ3n) is 3.44. The number of nitrogens with one attached hydrogen (secondary N) is 1. The number of rotatable bonds is 2. The van der Waals surface area contributed by atoms with Crippen LogP contribution >= 0.6 is 23.2 Å². The lowest BCUT2D eigenvalue weighted by Gasteiger charge is -2.32. The molecule has 1 aromatic rings. The van der Waals surface area contributed by atoms with E-state index in [0.717, 1.165) is 25.9 Å². The molecule has 1 N–H and O–H groups in total. The Morgan fingerprint density at radius 3 is 2.47 bits per heavy atom. The fourth-order valence-electron chi connectivity index (χ4n) is 2.19. The zero-order chi connectivity index (χ0) is 12.5. The average Bonchev–Trinajstić information content (AvgIpc) is 2.33. The van der Waals surface area contributed by atoms with Crippen LogP contribution in [0.4, 0.5) is 0 Å². The first kappa shape index (κ1) is 12.9. The van der Waals surface area contributed by atoms with E-state index in [9.17, 15) is 4.79 Å². The van der Waals surface area contributed by atoms with E-state index in [0.29, 0.717) is 15.6 Å². The third kappa shape index (κ3) is 2.65. The quantitative estimate of drug-likeness (QED) is 0.834. The summed E-state index contributed by atoms with van der Waals surface area (Å²) in [5.41, 5.74) is 0.381. The van der Waals surface area contributed by atoms with Crippen molar-refractivity contribution in [3.8, 4) is 0 Å². The molecule has 1 aliphatic heterocycles. The number of carbonyl (C=O) groups excluding carboxylic acids is 1. The lowest BCUT2D eigenvalue weighted by molar-refractivity contribution is 0.0762. The number of piperidine rings is 1. The molecule has 1 aliphatic rings. The smallest absolute Gasteiger partial charge is 0.168 e. The van der Waals surface area contributed by atoms with Crippen molar-refractivity contribution < 1.29 is 4.79 Å². The van der Waals surface area contributed by atoms with Gasteiger partial charge >= 0.3 is 0 Å². The zero-order valence-electron chi connectivity index (χ0n) is 9.72. The standard InChI is InChI=1S/C13H15Cl2NO/c1-13(4-6-16-7-5-13)12(17)9-2-3-10(14)11(15)8-9/h2-3,8,16H,4-7H2,1H3. The van der Waals surface area contributed by atoms with Crippen LogP contribution in [0.3, 0.4) is 0 Å². The molecule has 1 heterocycles. The second-order valence-corrected chi connectivity index (χ2v) is 5.58. The van der Waals surface area contributed by atoms with E-state index in [1.54, 1.807) is 18.2 Å². The van der Waals surface area contributed by atoms with Gasteiger partial charge in [-0.1, -0.05) is 30.1 Å². The summed E-state index contributed by atoms with van der Waals surface area (Å²) in [7, 11) is 0. The van der Waals surface area contributed by atoms with Crippen LogP contribution in [-0.2, 0) is 0 Å². The molecule has 0 amide bonds. The fraction of sp³-hybridized carbons (Fsp3) is 0.462. The molecule has 0 unspecified atom stereocenters. The first-order chi connectivity index (χ1) is 8.03. The Bertz CT molecular complexity index is 439. The van der Waals surface area contributed by atoms with Crippen molar-refractivity contribution in [2.24, 2.45) is 5.41 Å². The van der Waals surface area contributed by atoms with E-state index < -0.39 is 0 Å². The molecule has 0 radical (unpaired) electrons. The van der Waals surface area contributed by atoms with Gasteiger partial charge in [0.1, 0.15) is 0 Å². The molecule has 1 saturated heterocycles. The molecule has 1 fully saturated rings. The SMILES string of the molecule is CC1(C(=O)c2ccc(Cl)c(Cl)c2)CCNCC1. The minimum Gasteiger partial charge on any atom is -0.317 e. The topological polar surface area (TPSA) is 29.1 Å². The van der Waals surface area contributed by atoms with Crippen LogP contribution in [0.25, 0.3) is 0 Å². The highest BCUT2D eigenvalue weighted by Gasteiger charge is 2.35. The largest absolute Gasteiger partial charge is 0.317 e. The highest BCUT2D eigenvalue weighted by molar-refractivity contribution is 6.42. The number of benzene rings is 1. The number of carbonyl (C=O) groups is 1. The molecule has 1 aromatic carbocycles. The van der Waals surface area contributed by atoms with Crippen LogP contribution in [0, 0.1) is 5.41 Å². The monoisotopic (exact) mass is 271 g/mol. The highest BCUT2D eigenvalue weighted by Crippen LogP contribution is 2.33. The van der Waals surface area contributed by atoms with Gasteiger partial charge in [0.25, 0.3) is 0 Å². The van der Waals surface area contributed by atoms with Crippen molar-refractivity contribution in [2.75, 3.05) is 13.1 Å². The Balaban J connectivity index is 2.26. The van der Waals surface area contributed by atoms with E-state index in [1.807, 2.05) is 6.92 Å². The Labute approximate surface area is 111 Å². The normalized spacial score (nSPS) is 19.0. The highest BCUT2D eigenvalue weighted by atomic mass is 35.5. The summed E-state index contributed by atoms with van der Waals surface area (Å²) in [4.78, 5) is 12.5. The average molecular weight is 272 g/mol. The van der Waals surface area contributed by atoms with Gasteiger partial charge in [0, 0.05) is 11.0 Å². The summed E-state index contributed by atoms with van der Waals surface area (Å²) in [6.45, 7) is 3.81. The van der Waals surface area contributed by atoms with Gasteiger partial charge < -0.3 is 5.32 Å². The molecule has 0 atom stereocenters.